The van der Waals surface area contributed by atoms with Crippen molar-refractivity contribution in [3.63, 3.8) is 0 Å². The first kappa shape index (κ1) is 14.3. The molecule has 1 saturated heterocycles. The Morgan fingerprint density at radius 1 is 1.05 bits per heavy atom. The third-order valence-corrected chi connectivity index (χ3v) is 3.82. The molecule has 0 unspecified atom stereocenters. The average Bonchev–Trinajstić information content (AvgIpc) is 2.43. The van der Waals surface area contributed by atoms with Gasteiger partial charge in [0.05, 0.1) is 20.2 Å². The van der Waals surface area contributed by atoms with Crippen LogP contribution in [0.2, 0.25) is 0 Å². The summed E-state index contributed by atoms with van der Waals surface area (Å²) in [6.07, 6.45) is 2.28. The zero-order valence-electron chi connectivity index (χ0n) is 11.8. The fourth-order valence-electron chi connectivity index (χ4n) is 2.48. The van der Waals surface area contributed by atoms with Crippen molar-refractivity contribution in [3.8, 4) is 5.75 Å². The summed E-state index contributed by atoms with van der Waals surface area (Å²) < 4.78 is 18.3. The van der Waals surface area contributed by atoms with Crippen molar-refractivity contribution in [1.82, 2.24) is 0 Å². The highest BCUT2D eigenvalue weighted by Crippen LogP contribution is 2.11. The molecule has 0 atom stereocenters. The predicted octanol–water partition coefficient (Wildman–Crippen LogP) is -0.602. The molecule has 19 heavy (non-hydrogen) atoms. The molecule has 0 aliphatic carbocycles. The van der Waals surface area contributed by atoms with Crippen LogP contribution in [-0.2, 0) is 0 Å². The third-order valence-electron chi connectivity index (χ3n) is 3.82. The van der Waals surface area contributed by atoms with Crippen molar-refractivity contribution < 1.29 is 18.9 Å². The lowest BCUT2D eigenvalue weighted by molar-refractivity contribution is -1.00. The lowest BCUT2D eigenvalue weighted by Gasteiger charge is -2.27. The Balaban J connectivity index is 1.53. The summed E-state index contributed by atoms with van der Waals surface area (Å²) in [6, 6.07) is 6.24. The molecule has 2 rings (SSSR count). The maximum atomic E-state index is 12.7. The molecule has 1 aromatic rings. The van der Waals surface area contributed by atoms with Crippen LogP contribution in [0.3, 0.4) is 0 Å². The Kier molecular flexibility index (Phi) is 5.61. The van der Waals surface area contributed by atoms with E-state index in [0.29, 0.717) is 0 Å². The lowest BCUT2D eigenvalue weighted by atomic mass is 10.2. The van der Waals surface area contributed by atoms with Gasteiger partial charge in [0.25, 0.3) is 0 Å². The van der Waals surface area contributed by atoms with Crippen LogP contribution in [-0.4, -0.2) is 46.4 Å². The Morgan fingerprint density at radius 3 is 2.42 bits per heavy atom. The molecular weight excluding hydrogens is 243 g/mol. The van der Waals surface area contributed by atoms with Gasteiger partial charge in [-0.3, -0.25) is 0 Å². The van der Waals surface area contributed by atoms with E-state index in [9.17, 15) is 4.39 Å². The van der Waals surface area contributed by atoms with E-state index in [0.717, 1.165) is 18.8 Å². The molecule has 0 amide bonds. The number of hydrogen-bond acceptors (Lipinski definition) is 1. The molecule has 4 heteroatoms. The Labute approximate surface area is 115 Å². The van der Waals surface area contributed by atoms with Crippen LogP contribution in [0.5, 0.6) is 5.75 Å². The zero-order valence-corrected chi connectivity index (χ0v) is 11.8. The van der Waals surface area contributed by atoms with E-state index in [2.05, 4.69) is 7.05 Å². The molecule has 1 aliphatic rings. The minimum absolute atomic E-state index is 0.215. The van der Waals surface area contributed by atoms with E-state index in [1.54, 1.807) is 21.9 Å². The molecule has 3 nitrogen and oxygen atoms in total. The molecule has 0 aromatic heterocycles. The van der Waals surface area contributed by atoms with Crippen molar-refractivity contribution >= 4 is 0 Å². The first-order valence-corrected chi connectivity index (χ1v) is 7.27. The zero-order chi connectivity index (χ0) is 13.5. The van der Waals surface area contributed by atoms with Gasteiger partial charge >= 0.3 is 0 Å². The van der Waals surface area contributed by atoms with E-state index in [1.807, 2.05) is 0 Å². The Morgan fingerprint density at radius 2 is 1.74 bits per heavy atom. The molecule has 106 valence electrons. The second-order valence-electron chi connectivity index (χ2n) is 5.47. The monoisotopic (exact) mass is 268 g/mol. The van der Waals surface area contributed by atoms with Gasteiger partial charge < -0.3 is 14.5 Å². The van der Waals surface area contributed by atoms with Gasteiger partial charge in [0.2, 0.25) is 0 Å². The summed E-state index contributed by atoms with van der Waals surface area (Å²) in [4.78, 5) is 3.38. The molecule has 1 aliphatic heterocycles. The van der Waals surface area contributed by atoms with E-state index in [4.69, 9.17) is 4.74 Å². The summed E-state index contributed by atoms with van der Waals surface area (Å²) in [5.41, 5.74) is 0. The Bertz CT molecular complexity index is 361. The van der Waals surface area contributed by atoms with Crippen molar-refractivity contribution in [2.45, 2.75) is 12.8 Å². The van der Waals surface area contributed by atoms with Crippen LogP contribution in [0.1, 0.15) is 12.8 Å². The molecule has 0 bridgehead atoms. The molecule has 2 N–H and O–H groups in total. The second kappa shape index (κ2) is 7.46. The smallest absolute Gasteiger partial charge is 0.127 e. The fraction of sp³-hybridized carbons (Fsp3) is 0.600. The molecule has 0 spiro atoms. The summed E-state index contributed by atoms with van der Waals surface area (Å²) in [5, 5.41) is 0. The van der Waals surface area contributed by atoms with Gasteiger partial charge in [-0.05, 0) is 37.1 Å². The summed E-state index contributed by atoms with van der Waals surface area (Å²) >= 11 is 0. The van der Waals surface area contributed by atoms with E-state index in [1.165, 1.54) is 51.3 Å². The van der Waals surface area contributed by atoms with Gasteiger partial charge in [0.15, 0.2) is 0 Å². The number of ether oxygens (including phenoxy) is 1. The largest absolute Gasteiger partial charge is 0.494 e. The number of hydrogen-bond donors (Lipinski definition) is 2. The van der Waals surface area contributed by atoms with Crippen LogP contribution in [0.25, 0.3) is 0 Å². The molecule has 1 heterocycles. The highest BCUT2D eigenvalue weighted by atomic mass is 19.1. The van der Waals surface area contributed by atoms with E-state index >= 15 is 0 Å². The Hall–Kier alpha value is -1.13. The number of rotatable bonds is 6. The predicted molar refractivity (Wildman–Crippen MR) is 73.3 cm³/mol. The topological polar surface area (TPSA) is 18.1 Å². The second-order valence-corrected chi connectivity index (χ2v) is 5.47. The highest BCUT2D eigenvalue weighted by Gasteiger charge is 2.18. The number of quaternary nitrogens is 2. The number of piperazine rings is 1. The summed E-state index contributed by atoms with van der Waals surface area (Å²) in [6.45, 7) is 7.16. The van der Waals surface area contributed by atoms with Gasteiger partial charge in [-0.25, -0.2) is 4.39 Å². The average molecular weight is 268 g/mol. The van der Waals surface area contributed by atoms with E-state index < -0.39 is 0 Å². The van der Waals surface area contributed by atoms with E-state index in [-0.39, 0.29) is 5.82 Å². The van der Waals surface area contributed by atoms with Crippen LogP contribution in [0.4, 0.5) is 4.39 Å². The molecule has 1 fully saturated rings. The molecule has 0 saturated carbocycles. The van der Waals surface area contributed by atoms with Crippen molar-refractivity contribution in [3.05, 3.63) is 30.1 Å². The SMILES string of the molecule is C[NH+]1CC[NH+](CCCCOc2ccc(F)cc2)CC1. The fourth-order valence-corrected chi connectivity index (χ4v) is 2.48. The summed E-state index contributed by atoms with van der Waals surface area (Å²) in [5.74, 6) is 0.546. The number of nitrogens with one attached hydrogen (secondary N) is 2. The quantitative estimate of drug-likeness (QED) is 0.659. The highest BCUT2D eigenvalue weighted by molar-refractivity contribution is 5.21. The van der Waals surface area contributed by atoms with Crippen molar-refractivity contribution in [2.24, 2.45) is 0 Å². The molecule has 0 radical (unpaired) electrons. The molecular formula is C15H25FN2O+2. The minimum atomic E-state index is -0.215. The maximum absolute atomic E-state index is 12.7. The van der Waals surface area contributed by atoms with Gasteiger partial charge in [0, 0.05) is 0 Å². The van der Waals surface area contributed by atoms with Crippen LogP contribution < -0.4 is 14.5 Å². The first-order chi connectivity index (χ1) is 9.24. The van der Waals surface area contributed by atoms with Crippen LogP contribution >= 0.6 is 0 Å². The maximum Gasteiger partial charge on any atom is 0.127 e. The standard InChI is InChI=1S/C15H23FN2O/c1-17-9-11-18(12-10-17)8-2-3-13-19-15-6-4-14(16)5-7-15/h4-7H,2-3,8-13H2,1H3/p+2. The minimum Gasteiger partial charge on any atom is -0.494 e. The van der Waals surface area contributed by atoms with Crippen LogP contribution in [0.15, 0.2) is 24.3 Å². The summed E-state index contributed by atoms with van der Waals surface area (Å²) in [7, 11) is 2.27. The van der Waals surface area contributed by atoms with Crippen molar-refractivity contribution in [1.29, 1.82) is 0 Å². The van der Waals surface area contributed by atoms with Crippen molar-refractivity contribution in [2.75, 3.05) is 46.4 Å². The first-order valence-electron chi connectivity index (χ1n) is 7.27. The number of benzene rings is 1. The normalized spacial score (nSPS) is 23.3. The van der Waals surface area contributed by atoms with Gasteiger partial charge in [0.1, 0.15) is 37.7 Å². The number of unbranched alkanes of at least 4 members (excludes halogenated alkanes) is 1. The van der Waals surface area contributed by atoms with Gasteiger partial charge in [-0.2, -0.15) is 0 Å². The number of halogens is 1. The van der Waals surface area contributed by atoms with Gasteiger partial charge in [-0.15, -0.1) is 0 Å². The van der Waals surface area contributed by atoms with Crippen LogP contribution in [0, 0.1) is 5.82 Å². The van der Waals surface area contributed by atoms with Gasteiger partial charge in [-0.1, -0.05) is 0 Å². The number of likely N-dealkylation sites (N-methyl/N-ethyl adjacent to an activating group) is 1. The molecule has 1 aromatic carbocycles. The lowest BCUT2D eigenvalue weighted by Crippen LogP contribution is -3.27. The third kappa shape index (κ3) is 5.17.